The maximum atomic E-state index is 12.2. The van der Waals surface area contributed by atoms with Gasteiger partial charge in [0, 0.05) is 18.2 Å². The summed E-state index contributed by atoms with van der Waals surface area (Å²) >= 11 is 7.46. The lowest BCUT2D eigenvalue weighted by molar-refractivity contribution is 0.0949. The molecular weight excluding hydrogens is 346 g/mol. The van der Waals surface area contributed by atoms with Crippen LogP contribution < -0.4 is 16.4 Å². The molecule has 0 spiro atoms. The number of anilines is 1. The van der Waals surface area contributed by atoms with Crippen LogP contribution in [-0.2, 0) is 0 Å². The van der Waals surface area contributed by atoms with E-state index in [2.05, 4.69) is 10.6 Å². The van der Waals surface area contributed by atoms with Gasteiger partial charge >= 0.3 is 0 Å². The quantitative estimate of drug-likeness (QED) is 0.737. The molecule has 1 aromatic carbocycles. The molecule has 0 saturated heterocycles. The molecule has 1 atom stereocenters. The molecule has 5 nitrogen and oxygen atoms in total. The van der Waals surface area contributed by atoms with E-state index in [1.807, 2.05) is 5.38 Å². The highest BCUT2D eigenvalue weighted by molar-refractivity contribution is 7.12. The van der Waals surface area contributed by atoms with E-state index < -0.39 is 0 Å². The van der Waals surface area contributed by atoms with Crippen molar-refractivity contribution >= 4 is 40.4 Å². The predicted octanol–water partition coefficient (Wildman–Crippen LogP) is 3.12. The molecule has 1 saturated carbocycles. The molecule has 1 aromatic heterocycles. The van der Waals surface area contributed by atoms with Gasteiger partial charge in [-0.2, -0.15) is 0 Å². The Kier molecular flexibility index (Phi) is 5.18. The van der Waals surface area contributed by atoms with Crippen molar-refractivity contribution < 1.29 is 9.59 Å². The number of thiophene rings is 1. The lowest BCUT2D eigenvalue weighted by Crippen LogP contribution is -2.38. The number of carbonyl (C=O) groups is 2. The van der Waals surface area contributed by atoms with E-state index in [0.717, 1.165) is 12.8 Å². The number of amides is 2. The van der Waals surface area contributed by atoms with Gasteiger partial charge in [0.15, 0.2) is 0 Å². The van der Waals surface area contributed by atoms with Gasteiger partial charge in [-0.15, -0.1) is 11.3 Å². The zero-order chi connectivity index (χ0) is 17.1. The second-order valence-corrected chi connectivity index (χ2v) is 7.19. The fourth-order valence-electron chi connectivity index (χ4n) is 2.36. The molecule has 2 aromatic rings. The average Bonchev–Trinajstić information content (AvgIpc) is 3.28. The van der Waals surface area contributed by atoms with Crippen LogP contribution in [0.5, 0.6) is 0 Å². The van der Waals surface area contributed by atoms with Gasteiger partial charge in [-0.05, 0) is 48.4 Å². The molecule has 2 amide bonds. The number of hydrogen-bond donors (Lipinski definition) is 3. The van der Waals surface area contributed by atoms with Crippen LogP contribution in [0.2, 0.25) is 5.02 Å². The van der Waals surface area contributed by atoms with Gasteiger partial charge < -0.3 is 16.4 Å². The summed E-state index contributed by atoms with van der Waals surface area (Å²) in [6, 6.07) is 8.32. The Hall–Kier alpha value is -1.89. The minimum absolute atomic E-state index is 0.000693. The molecule has 1 unspecified atom stereocenters. The summed E-state index contributed by atoms with van der Waals surface area (Å²) in [5.74, 6) is 0.0470. The van der Waals surface area contributed by atoms with Crippen molar-refractivity contribution in [3.8, 4) is 0 Å². The Morgan fingerprint density at radius 1 is 1.29 bits per heavy atom. The summed E-state index contributed by atoms with van der Waals surface area (Å²) < 4.78 is 0. The average molecular weight is 364 g/mol. The Bertz CT molecular complexity index is 744. The first-order chi connectivity index (χ1) is 11.5. The minimum Gasteiger partial charge on any atom is -0.350 e. The summed E-state index contributed by atoms with van der Waals surface area (Å²) in [5, 5.41) is 7.77. The highest BCUT2D eigenvalue weighted by Gasteiger charge is 2.28. The lowest BCUT2D eigenvalue weighted by atomic mass is 10.1. The van der Waals surface area contributed by atoms with Gasteiger partial charge in [-0.3, -0.25) is 9.59 Å². The van der Waals surface area contributed by atoms with Crippen LogP contribution in [0.1, 0.15) is 32.9 Å². The summed E-state index contributed by atoms with van der Waals surface area (Å²) in [4.78, 5) is 25.0. The van der Waals surface area contributed by atoms with E-state index in [4.69, 9.17) is 17.3 Å². The molecular formula is C17H18ClN3O2S. The Morgan fingerprint density at radius 3 is 2.75 bits per heavy atom. The van der Waals surface area contributed by atoms with Crippen molar-refractivity contribution in [2.24, 2.45) is 11.7 Å². The fourth-order valence-corrected chi connectivity index (χ4v) is 3.14. The van der Waals surface area contributed by atoms with Crippen LogP contribution in [0.3, 0.4) is 0 Å². The van der Waals surface area contributed by atoms with Crippen molar-refractivity contribution in [3.63, 3.8) is 0 Å². The van der Waals surface area contributed by atoms with Crippen LogP contribution >= 0.6 is 22.9 Å². The molecule has 0 radical (unpaired) electrons. The molecule has 1 heterocycles. The van der Waals surface area contributed by atoms with E-state index in [0.29, 0.717) is 33.6 Å². The van der Waals surface area contributed by atoms with E-state index >= 15 is 0 Å². The van der Waals surface area contributed by atoms with Gasteiger partial charge in [0.1, 0.15) is 0 Å². The van der Waals surface area contributed by atoms with Crippen molar-refractivity contribution in [2.45, 2.75) is 18.9 Å². The second-order valence-electron chi connectivity index (χ2n) is 5.84. The number of rotatable bonds is 6. The molecule has 3 rings (SSSR count). The van der Waals surface area contributed by atoms with Crippen molar-refractivity contribution in [3.05, 3.63) is 51.2 Å². The minimum atomic E-state index is -0.250. The zero-order valence-electron chi connectivity index (χ0n) is 12.9. The van der Waals surface area contributed by atoms with E-state index in [1.54, 1.807) is 30.3 Å². The first kappa shape index (κ1) is 17.0. The molecule has 4 N–H and O–H groups in total. The third-order valence-electron chi connectivity index (χ3n) is 3.95. The Labute approximate surface area is 149 Å². The van der Waals surface area contributed by atoms with E-state index in [-0.39, 0.29) is 17.9 Å². The van der Waals surface area contributed by atoms with Crippen LogP contribution in [0.25, 0.3) is 0 Å². The van der Waals surface area contributed by atoms with Gasteiger partial charge in [0.25, 0.3) is 11.8 Å². The van der Waals surface area contributed by atoms with Crippen LogP contribution in [-0.4, -0.2) is 24.4 Å². The number of nitrogens with two attached hydrogens (primary N) is 1. The maximum absolute atomic E-state index is 12.2. The molecule has 126 valence electrons. The van der Waals surface area contributed by atoms with Crippen molar-refractivity contribution in [2.75, 3.05) is 11.9 Å². The Morgan fingerprint density at radius 2 is 2.08 bits per heavy atom. The third-order valence-corrected chi connectivity index (χ3v) is 5.15. The molecule has 24 heavy (non-hydrogen) atoms. The van der Waals surface area contributed by atoms with Crippen LogP contribution in [0.4, 0.5) is 5.69 Å². The zero-order valence-corrected chi connectivity index (χ0v) is 14.5. The SMILES string of the molecule is NC(CNC(=O)c1ccc(Cl)c(NC(=O)c2cccs2)c1)C1CC1. The monoisotopic (exact) mass is 363 g/mol. The molecule has 0 bridgehead atoms. The van der Waals surface area contributed by atoms with Crippen molar-refractivity contribution in [1.82, 2.24) is 5.32 Å². The third kappa shape index (κ3) is 4.14. The lowest BCUT2D eigenvalue weighted by Gasteiger charge is -2.13. The number of carbonyl (C=O) groups excluding carboxylic acids is 2. The standard InChI is InChI=1S/C17H18ClN3O2S/c18-12-6-5-11(16(22)20-9-13(19)10-3-4-10)8-14(12)21-17(23)15-2-1-7-24-15/h1-2,5-8,10,13H,3-4,9,19H2,(H,20,22)(H,21,23). The fraction of sp³-hybridized carbons (Fsp3) is 0.294. The maximum Gasteiger partial charge on any atom is 0.265 e. The number of halogens is 1. The summed E-state index contributed by atoms with van der Waals surface area (Å²) in [5.41, 5.74) is 6.83. The van der Waals surface area contributed by atoms with Crippen LogP contribution in [0, 0.1) is 5.92 Å². The highest BCUT2D eigenvalue weighted by Crippen LogP contribution is 2.31. The summed E-state index contributed by atoms with van der Waals surface area (Å²) in [6.45, 7) is 0.447. The topological polar surface area (TPSA) is 84.2 Å². The van der Waals surface area contributed by atoms with Gasteiger partial charge in [-0.25, -0.2) is 0 Å². The molecule has 1 aliphatic carbocycles. The van der Waals surface area contributed by atoms with Gasteiger partial charge in [0.05, 0.1) is 15.6 Å². The number of hydrogen-bond acceptors (Lipinski definition) is 4. The molecule has 1 fully saturated rings. The highest BCUT2D eigenvalue weighted by atomic mass is 35.5. The summed E-state index contributed by atoms with van der Waals surface area (Å²) in [7, 11) is 0. The van der Waals surface area contributed by atoms with Crippen LogP contribution in [0.15, 0.2) is 35.7 Å². The first-order valence-corrected chi connectivity index (χ1v) is 8.98. The van der Waals surface area contributed by atoms with E-state index in [1.165, 1.54) is 11.3 Å². The number of benzene rings is 1. The second kappa shape index (κ2) is 7.34. The van der Waals surface area contributed by atoms with Crippen molar-refractivity contribution in [1.29, 1.82) is 0 Å². The Balaban J connectivity index is 1.66. The smallest absolute Gasteiger partial charge is 0.265 e. The first-order valence-electron chi connectivity index (χ1n) is 7.73. The van der Waals surface area contributed by atoms with Gasteiger partial charge in [-0.1, -0.05) is 17.7 Å². The summed E-state index contributed by atoms with van der Waals surface area (Å²) in [6.07, 6.45) is 2.27. The predicted molar refractivity (Wildman–Crippen MR) is 96.8 cm³/mol. The van der Waals surface area contributed by atoms with Gasteiger partial charge in [0.2, 0.25) is 0 Å². The van der Waals surface area contributed by atoms with E-state index in [9.17, 15) is 9.59 Å². The normalized spacial score (nSPS) is 14.9. The molecule has 1 aliphatic rings. The molecule has 7 heteroatoms. The largest absolute Gasteiger partial charge is 0.350 e. The molecule has 0 aliphatic heterocycles. The number of nitrogens with one attached hydrogen (secondary N) is 2.